The van der Waals surface area contributed by atoms with Crippen molar-refractivity contribution in [3.8, 4) is 0 Å². The zero-order valence-corrected chi connectivity index (χ0v) is 11.0. The van der Waals surface area contributed by atoms with Crippen LogP contribution in [0.15, 0.2) is 18.2 Å². The average molecular weight is 248 g/mol. The molecule has 1 aromatic rings. The lowest BCUT2D eigenvalue weighted by Crippen LogP contribution is -2.27. The van der Waals surface area contributed by atoms with Gasteiger partial charge in [-0.2, -0.15) is 0 Å². The van der Waals surface area contributed by atoms with Crippen LogP contribution in [0.1, 0.15) is 30.0 Å². The van der Waals surface area contributed by atoms with Gasteiger partial charge in [-0.1, -0.05) is 6.07 Å². The third-order valence-electron chi connectivity index (χ3n) is 4.40. The Hall–Kier alpha value is -0.930. The molecule has 1 N–H and O–H groups in total. The van der Waals surface area contributed by atoms with Gasteiger partial charge in [-0.3, -0.25) is 4.90 Å². The summed E-state index contributed by atoms with van der Waals surface area (Å²) in [5, 5.41) is 3.27. The van der Waals surface area contributed by atoms with Gasteiger partial charge in [0.25, 0.3) is 0 Å². The smallest absolute Gasteiger partial charge is 0.123 e. The Bertz CT molecular complexity index is 433. The number of rotatable bonds is 3. The molecule has 0 amide bonds. The fourth-order valence-corrected chi connectivity index (χ4v) is 3.54. The van der Waals surface area contributed by atoms with Crippen LogP contribution in [0.5, 0.6) is 0 Å². The standard InChI is InChI=1S/C15H21FN2/c1-17-9-11-6-7-18(10-11)15-5-2-12-8-13(16)3-4-14(12)15/h3-4,8,11,15,17H,2,5-7,9-10H2,1H3. The van der Waals surface area contributed by atoms with Crippen molar-refractivity contribution in [1.82, 2.24) is 10.2 Å². The number of nitrogens with zero attached hydrogens (tertiary/aromatic N) is 1. The van der Waals surface area contributed by atoms with E-state index in [0.717, 1.165) is 25.3 Å². The zero-order chi connectivity index (χ0) is 12.5. The monoisotopic (exact) mass is 248 g/mol. The van der Waals surface area contributed by atoms with Gasteiger partial charge in [0.1, 0.15) is 5.82 Å². The Balaban J connectivity index is 1.73. The molecule has 0 spiro atoms. The highest BCUT2D eigenvalue weighted by atomic mass is 19.1. The van der Waals surface area contributed by atoms with Gasteiger partial charge in [0, 0.05) is 12.6 Å². The molecule has 1 aliphatic carbocycles. The average Bonchev–Trinajstić information content (AvgIpc) is 2.95. The minimum absolute atomic E-state index is 0.0936. The predicted molar refractivity (Wildman–Crippen MR) is 71.1 cm³/mol. The Morgan fingerprint density at radius 1 is 1.39 bits per heavy atom. The molecule has 3 rings (SSSR count). The number of hydrogen-bond donors (Lipinski definition) is 1. The van der Waals surface area contributed by atoms with Crippen molar-refractivity contribution < 1.29 is 4.39 Å². The molecule has 1 fully saturated rings. The number of nitrogens with one attached hydrogen (secondary N) is 1. The molecular weight excluding hydrogens is 227 g/mol. The molecule has 2 unspecified atom stereocenters. The van der Waals surface area contributed by atoms with Crippen molar-refractivity contribution in [3.05, 3.63) is 35.1 Å². The van der Waals surface area contributed by atoms with Crippen molar-refractivity contribution in [1.29, 1.82) is 0 Å². The summed E-state index contributed by atoms with van der Waals surface area (Å²) in [4.78, 5) is 2.59. The van der Waals surface area contributed by atoms with E-state index in [4.69, 9.17) is 0 Å². The van der Waals surface area contributed by atoms with Crippen molar-refractivity contribution >= 4 is 0 Å². The van der Waals surface area contributed by atoms with Gasteiger partial charge < -0.3 is 5.32 Å². The summed E-state index contributed by atoms with van der Waals surface area (Å²) in [6.07, 6.45) is 3.48. The summed E-state index contributed by atoms with van der Waals surface area (Å²) in [7, 11) is 2.02. The molecule has 0 saturated carbocycles. The molecule has 1 heterocycles. The van der Waals surface area contributed by atoms with Crippen molar-refractivity contribution in [2.24, 2.45) is 5.92 Å². The summed E-state index contributed by atoms with van der Waals surface area (Å²) in [5.41, 5.74) is 2.58. The van der Waals surface area contributed by atoms with Crippen LogP contribution in [-0.4, -0.2) is 31.6 Å². The van der Waals surface area contributed by atoms with E-state index in [1.54, 1.807) is 12.1 Å². The summed E-state index contributed by atoms with van der Waals surface area (Å²) < 4.78 is 13.2. The van der Waals surface area contributed by atoms with Gasteiger partial charge in [-0.15, -0.1) is 0 Å². The normalized spacial score (nSPS) is 27.7. The van der Waals surface area contributed by atoms with Crippen molar-refractivity contribution in [2.75, 3.05) is 26.7 Å². The third kappa shape index (κ3) is 2.17. The molecular formula is C15H21FN2. The highest BCUT2D eigenvalue weighted by Crippen LogP contribution is 2.38. The van der Waals surface area contributed by atoms with Crippen LogP contribution in [0.4, 0.5) is 4.39 Å². The number of hydrogen-bond acceptors (Lipinski definition) is 2. The van der Waals surface area contributed by atoms with Crippen molar-refractivity contribution in [3.63, 3.8) is 0 Å². The van der Waals surface area contributed by atoms with Crippen LogP contribution < -0.4 is 5.32 Å². The Morgan fingerprint density at radius 2 is 2.28 bits per heavy atom. The van der Waals surface area contributed by atoms with Crippen LogP contribution in [0.2, 0.25) is 0 Å². The number of fused-ring (bicyclic) bond motifs is 1. The van der Waals surface area contributed by atoms with E-state index in [2.05, 4.69) is 10.2 Å². The maximum atomic E-state index is 13.2. The quantitative estimate of drug-likeness (QED) is 0.883. The lowest BCUT2D eigenvalue weighted by molar-refractivity contribution is 0.235. The maximum absolute atomic E-state index is 13.2. The maximum Gasteiger partial charge on any atom is 0.123 e. The second kappa shape index (κ2) is 4.98. The Kier molecular flexibility index (Phi) is 3.35. The van der Waals surface area contributed by atoms with E-state index in [9.17, 15) is 4.39 Å². The van der Waals surface area contributed by atoms with Gasteiger partial charge in [0.2, 0.25) is 0 Å². The van der Waals surface area contributed by atoms with Crippen LogP contribution in [-0.2, 0) is 6.42 Å². The summed E-state index contributed by atoms with van der Waals surface area (Å²) in [6.45, 7) is 3.48. The fraction of sp³-hybridized carbons (Fsp3) is 0.600. The van der Waals surface area contributed by atoms with Gasteiger partial charge in [-0.05, 0) is 68.6 Å². The number of benzene rings is 1. The lowest BCUT2D eigenvalue weighted by Gasteiger charge is -2.25. The first-order valence-electron chi connectivity index (χ1n) is 6.95. The van der Waals surface area contributed by atoms with E-state index < -0.39 is 0 Å². The molecule has 1 aliphatic heterocycles. The molecule has 1 saturated heterocycles. The summed E-state index contributed by atoms with van der Waals surface area (Å²) >= 11 is 0. The minimum atomic E-state index is -0.0936. The molecule has 1 aromatic carbocycles. The van der Waals surface area contributed by atoms with Gasteiger partial charge in [0.15, 0.2) is 0 Å². The van der Waals surface area contributed by atoms with Crippen LogP contribution in [0.3, 0.4) is 0 Å². The molecule has 2 atom stereocenters. The number of likely N-dealkylation sites (tertiary alicyclic amines) is 1. The van der Waals surface area contributed by atoms with Crippen LogP contribution >= 0.6 is 0 Å². The van der Waals surface area contributed by atoms with Gasteiger partial charge in [-0.25, -0.2) is 4.39 Å². The molecule has 0 bridgehead atoms. The first-order chi connectivity index (χ1) is 8.78. The first kappa shape index (κ1) is 12.1. The number of aryl methyl sites for hydroxylation is 1. The molecule has 2 nitrogen and oxygen atoms in total. The largest absolute Gasteiger partial charge is 0.319 e. The summed E-state index contributed by atoms with van der Waals surface area (Å²) in [6, 6.07) is 5.85. The molecule has 0 radical (unpaired) electrons. The Morgan fingerprint density at radius 3 is 3.11 bits per heavy atom. The van der Waals surface area contributed by atoms with Crippen molar-refractivity contribution in [2.45, 2.75) is 25.3 Å². The third-order valence-corrected chi connectivity index (χ3v) is 4.40. The SMILES string of the molecule is CNCC1CCN(C2CCc3cc(F)ccc32)C1. The molecule has 3 heteroatoms. The zero-order valence-electron chi connectivity index (χ0n) is 11.0. The van der Waals surface area contributed by atoms with E-state index in [0.29, 0.717) is 6.04 Å². The van der Waals surface area contributed by atoms with E-state index in [-0.39, 0.29) is 5.82 Å². The first-order valence-corrected chi connectivity index (χ1v) is 6.95. The molecule has 2 aliphatic rings. The highest BCUT2D eigenvalue weighted by molar-refractivity contribution is 5.35. The number of halogens is 1. The molecule has 98 valence electrons. The van der Waals surface area contributed by atoms with E-state index in [1.807, 2.05) is 13.1 Å². The fourth-order valence-electron chi connectivity index (χ4n) is 3.54. The topological polar surface area (TPSA) is 15.3 Å². The summed E-state index contributed by atoms with van der Waals surface area (Å²) in [5.74, 6) is 0.684. The van der Waals surface area contributed by atoms with E-state index >= 15 is 0 Å². The van der Waals surface area contributed by atoms with Gasteiger partial charge >= 0.3 is 0 Å². The highest BCUT2D eigenvalue weighted by Gasteiger charge is 2.32. The van der Waals surface area contributed by atoms with Gasteiger partial charge in [0.05, 0.1) is 0 Å². The predicted octanol–water partition coefficient (Wildman–Crippen LogP) is 2.35. The lowest BCUT2D eigenvalue weighted by atomic mass is 10.1. The molecule has 18 heavy (non-hydrogen) atoms. The van der Waals surface area contributed by atoms with E-state index in [1.165, 1.54) is 30.6 Å². The second-order valence-corrected chi connectivity index (χ2v) is 5.60. The Labute approximate surface area is 108 Å². The van der Waals surface area contributed by atoms with Crippen LogP contribution in [0.25, 0.3) is 0 Å². The van der Waals surface area contributed by atoms with Crippen LogP contribution in [0, 0.1) is 11.7 Å². The second-order valence-electron chi connectivity index (χ2n) is 5.60. The minimum Gasteiger partial charge on any atom is -0.319 e. The molecule has 0 aromatic heterocycles.